The maximum atomic E-state index is 9.75. The fourth-order valence-electron chi connectivity index (χ4n) is 2.24. The molecule has 1 aliphatic heterocycles. The second kappa shape index (κ2) is 7.68. The van der Waals surface area contributed by atoms with E-state index in [1.807, 2.05) is 42.1 Å². The molecule has 1 aromatic carbocycles. The van der Waals surface area contributed by atoms with E-state index in [4.69, 9.17) is 4.74 Å². The predicted octanol–water partition coefficient (Wildman–Crippen LogP) is 2.93. The van der Waals surface area contributed by atoms with Crippen molar-refractivity contribution in [3.63, 3.8) is 0 Å². The van der Waals surface area contributed by atoms with E-state index in [9.17, 15) is 5.26 Å². The minimum absolute atomic E-state index is 0.561. The molecular weight excluding hydrogens is 268 g/mol. The summed E-state index contributed by atoms with van der Waals surface area (Å²) in [6.07, 6.45) is 1.86. The normalized spacial score (nSPS) is 18.0. The number of hydrogen-bond acceptors (Lipinski definition) is 4. The Balaban J connectivity index is 2.03. The number of nitriles is 1. The van der Waals surface area contributed by atoms with Crippen molar-refractivity contribution < 1.29 is 4.74 Å². The minimum atomic E-state index is -0.561. The number of rotatable bonds is 8. The van der Waals surface area contributed by atoms with E-state index >= 15 is 0 Å². The molecule has 1 aromatic rings. The molecule has 0 bridgehead atoms. The van der Waals surface area contributed by atoms with Crippen molar-refractivity contribution in [3.05, 3.63) is 35.9 Å². The highest BCUT2D eigenvalue weighted by Crippen LogP contribution is 2.29. The van der Waals surface area contributed by atoms with Crippen LogP contribution in [-0.2, 0) is 10.3 Å². The topological polar surface area (TPSA) is 45.0 Å². The Kier molecular flexibility index (Phi) is 5.90. The highest BCUT2D eigenvalue weighted by Gasteiger charge is 2.31. The van der Waals surface area contributed by atoms with Gasteiger partial charge in [0, 0.05) is 0 Å². The zero-order valence-corrected chi connectivity index (χ0v) is 12.8. The molecule has 1 saturated heterocycles. The van der Waals surface area contributed by atoms with E-state index < -0.39 is 5.54 Å². The van der Waals surface area contributed by atoms with Crippen molar-refractivity contribution in [2.45, 2.75) is 30.6 Å². The first kappa shape index (κ1) is 15.4. The predicted molar refractivity (Wildman–Crippen MR) is 83.7 cm³/mol. The first-order valence-corrected chi connectivity index (χ1v) is 8.27. The molecule has 1 N–H and O–H groups in total. The van der Waals surface area contributed by atoms with Crippen LogP contribution < -0.4 is 5.32 Å². The molecule has 3 nitrogen and oxygen atoms in total. The lowest BCUT2D eigenvalue weighted by atomic mass is 9.88. The third kappa shape index (κ3) is 3.76. The minimum Gasteiger partial charge on any atom is -0.379 e. The second-order valence-electron chi connectivity index (χ2n) is 5.09. The lowest BCUT2D eigenvalue weighted by Gasteiger charge is -2.30. The van der Waals surface area contributed by atoms with Crippen LogP contribution in [0.4, 0.5) is 0 Å². The highest BCUT2D eigenvalue weighted by atomic mass is 32.2. The van der Waals surface area contributed by atoms with Crippen LogP contribution in [0, 0.1) is 11.3 Å². The van der Waals surface area contributed by atoms with Crippen molar-refractivity contribution in [3.8, 4) is 6.07 Å². The van der Waals surface area contributed by atoms with E-state index in [0.717, 1.165) is 43.9 Å². The van der Waals surface area contributed by atoms with Gasteiger partial charge in [-0.25, -0.2) is 0 Å². The molecule has 108 valence electrons. The zero-order chi connectivity index (χ0) is 14.3. The summed E-state index contributed by atoms with van der Waals surface area (Å²) in [4.78, 5) is 0. The van der Waals surface area contributed by atoms with E-state index in [0.29, 0.717) is 5.25 Å². The first-order chi connectivity index (χ1) is 9.80. The third-order valence-electron chi connectivity index (χ3n) is 3.57. The van der Waals surface area contributed by atoms with Gasteiger partial charge in [-0.15, -0.1) is 0 Å². The fourth-order valence-corrected chi connectivity index (χ4v) is 3.39. The number of benzene rings is 1. The molecule has 1 heterocycles. The monoisotopic (exact) mass is 290 g/mol. The summed E-state index contributed by atoms with van der Waals surface area (Å²) in [5.74, 6) is 0.979. The summed E-state index contributed by atoms with van der Waals surface area (Å²) in [5.41, 5.74) is 0.510. The van der Waals surface area contributed by atoms with Crippen LogP contribution in [0.1, 0.15) is 25.3 Å². The Morgan fingerprint density at radius 3 is 2.70 bits per heavy atom. The number of nitrogens with zero attached hydrogens (tertiary/aromatic N) is 1. The van der Waals surface area contributed by atoms with Crippen LogP contribution >= 0.6 is 11.8 Å². The summed E-state index contributed by atoms with van der Waals surface area (Å²) in [6.45, 7) is 4.70. The standard InChI is InChI=1S/C16H22N2OS/c1-2-9-18-16(13-17,14-6-4-3-5-7-14)8-10-20-15-11-19-12-15/h3-7,15,18H,2,8-12H2,1H3. The van der Waals surface area contributed by atoms with E-state index in [1.54, 1.807) is 0 Å². The molecular formula is C16H22N2OS. The van der Waals surface area contributed by atoms with E-state index in [2.05, 4.69) is 18.3 Å². The average molecular weight is 290 g/mol. The second-order valence-corrected chi connectivity index (χ2v) is 6.50. The van der Waals surface area contributed by atoms with Gasteiger partial charge in [-0.05, 0) is 30.7 Å². The summed E-state index contributed by atoms with van der Waals surface area (Å²) in [5, 5.41) is 13.8. The summed E-state index contributed by atoms with van der Waals surface area (Å²) >= 11 is 1.92. The van der Waals surface area contributed by atoms with Gasteiger partial charge in [0.25, 0.3) is 0 Å². The maximum absolute atomic E-state index is 9.75. The van der Waals surface area contributed by atoms with Crippen LogP contribution in [0.25, 0.3) is 0 Å². The maximum Gasteiger partial charge on any atom is 0.133 e. The molecule has 2 rings (SSSR count). The van der Waals surface area contributed by atoms with Crippen molar-refractivity contribution in [1.82, 2.24) is 5.32 Å². The van der Waals surface area contributed by atoms with Crippen molar-refractivity contribution in [2.24, 2.45) is 0 Å². The van der Waals surface area contributed by atoms with Gasteiger partial charge in [0.15, 0.2) is 0 Å². The molecule has 0 aliphatic carbocycles. The molecule has 0 radical (unpaired) electrons. The molecule has 0 aromatic heterocycles. The van der Waals surface area contributed by atoms with Gasteiger partial charge < -0.3 is 4.74 Å². The summed E-state index contributed by atoms with van der Waals surface area (Å²) < 4.78 is 5.19. The number of hydrogen-bond donors (Lipinski definition) is 1. The Morgan fingerprint density at radius 1 is 1.40 bits per heavy atom. The van der Waals surface area contributed by atoms with Crippen LogP contribution in [0.15, 0.2) is 30.3 Å². The number of thioether (sulfide) groups is 1. The quantitative estimate of drug-likeness (QED) is 0.799. The lowest BCUT2D eigenvalue weighted by molar-refractivity contribution is 0.0455. The largest absolute Gasteiger partial charge is 0.379 e. The SMILES string of the molecule is CCCNC(C#N)(CCSC1COC1)c1ccccc1. The molecule has 1 unspecified atom stereocenters. The molecule has 1 fully saturated rings. The molecule has 20 heavy (non-hydrogen) atoms. The van der Waals surface area contributed by atoms with Gasteiger partial charge in [-0.3, -0.25) is 5.32 Å². The van der Waals surface area contributed by atoms with Gasteiger partial charge in [0.2, 0.25) is 0 Å². The number of nitrogens with one attached hydrogen (secondary N) is 1. The van der Waals surface area contributed by atoms with Gasteiger partial charge in [-0.1, -0.05) is 37.3 Å². The number of ether oxygens (including phenoxy) is 1. The third-order valence-corrected chi connectivity index (χ3v) is 4.76. The van der Waals surface area contributed by atoms with Crippen molar-refractivity contribution in [1.29, 1.82) is 5.26 Å². The average Bonchev–Trinajstić information content (AvgIpc) is 2.46. The Morgan fingerprint density at radius 2 is 2.15 bits per heavy atom. The first-order valence-electron chi connectivity index (χ1n) is 7.22. The fraction of sp³-hybridized carbons (Fsp3) is 0.562. The molecule has 1 aliphatic rings. The molecule has 0 spiro atoms. The van der Waals surface area contributed by atoms with E-state index in [1.165, 1.54) is 0 Å². The van der Waals surface area contributed by atoms with Crippen LogP contribution in [0.2, 0.25) is 0 Å². The molecule has 4 heteroatoms. The van der Waals surface area contributed by atoms with Crippen molar-refractivity contribution >= 4 is 11.8 Å². The Labute approximate surface area is 125 Å². The summed E-state index contributed by atoms with van der Waals surface area (Å²) in [7, 11) is 0. The highest BCUT2D eigenvalue weighted by molar-refractivity contribution is 8.00. The van der Waals surface area contributed by atoms with Gasteiger partial charge in [0.1, 0.15) is 5.54 Å². The van der Waals surface area contributed by atoms with Crippen molar-refractivity contribution in [2.75, 3.05) is 25.5 Å². The van der Waals surface area contributed by atoms with Gasteiger partial charge >= 0.3 is 0 Å². The smallest absolute Gasteiger partial charge is 0.133 e. The molecule has 1 atom stereocenters. The van der Waals surface area contributed by atoms with Crippen LogP contribution in [0.3, 0.4) is 0 Å². The van der Waals surface area contributed by atoms with Crippen LogP contribution in [0.5, 0.6) is 0 Å². The van der Waals surface area contributed by atoms with E-state index in [-0.39, 0.29) is 0 Å². The van der Waals surface area contributed by atoms with Crippen LogP contribution in [-0.4, -0.2) is 30.8 Å². The Hall–Kier alpha value is -1.02. The van der Waals surface area contributed by atoms with Gasteiger partial charge in [-0.2, -0.15) is 17.0 Å². The lowest BCUT2D eigenvalue weighted by Crippen LogP contribution is -2.42. The molecule has 0 amide bonds. The zero-order valence-electron chi connectivity index (χ0n) is 12.0. The summed E-state index contributed by atoms with van der Waals surface area (Å²) in [6, 6.07) is 12.6. The molecule has 0 saturated carbocycles. The Bertz CT molecular complexity index is 442. The van der Waals surface area contributed by atoms with Gasteiger partial charge in [0.05, 0.1) is 24.5 Å².